The van der Waals surface area contributed by atoms with Crippen molar-refractivity contribution >= 4 is 11.9 Å². The molecule has 5 nitrogen and oxygen atoms in total. The molecule has 1 saturated heterocycles. The van der Waals surface area contributed by atoms with Crippen LogP contribution in [0.1, 0.15) is 42.0 Å². The summed E-state index contributed by atoms with van der Waals surface area (Å²) < 4.78 is 4.82. The van der Waals surface area contributed by atoms with E-state index >= 15 is 0 Å². The number of ether oxygens (including phenoxy) is 1. The highest BCUT2D eigenvalue weighted by atomic mass is 16.5. The number of carbonyl (C=O) groups excluding carboxylic acids is 2. The zero-order chi connectivity index (χ0) is 15.0. The van der Waals surface area contributed by atoms with Crippen LogP contribution in [0.3, 0.4) is 0 Å². The summed E-state index contributed by atoms with van der Waals surface area (Å²) in [5, 5.41) is 9.18. The fourth-order valence-electron chi connectivity index (χ4n) is 3.49. The third kappa shape index (κ3) is 2.07. The second-order valence-corrected chi connectivity index (χ2v) is 5.42. The molecular weight excluding hydrogens is 268 g/mol. The van der Waals surface area contributed by atoms with Crippen LogP contribution in [-0.4, -0.2) is 29.9 Å². The summed E-state index contributed by atoms with van der Waals surface area (Å²) in [7, 11) is 1.35. The highest BCUT2D eigenvalue weighted by molar-refractivity contribution is 5.88. The Kier molecular flexibility index (Phi) is 3.38. The third-order valence-corrected chi connectivity index (χ3v) is 4.42. The van der Waals surface area contributed by atoms with E-state index in [4.69, 9.17) is 4.74 Å². The van der Waals surface area contributed by atoms with Gasteiger partial charge in [-0.1, -0.05) is 12.1 Å². The second-order valence-electron chi connectivity index (χ2n) is 5.42. The molecule has 1 aromatic carbocycles. The summed E-state index contributed by atoms with van der Waals surface area (Å²) in [6.07, 6.45) is 2.41. The zero-order valence-electron chi connectivity index (χ0n) is 11.8. The molecule has 2 unspecified atom stereocenters. The van der Waals surface area contributed by atoms with Crippen molar-refractivity contribution in [3.05, 3.63) is 34.9 Å². The Labute approximate surface area is 123 Å². The summed E-state index contributed by atoms with van der Waals surface area (Å²) in [6, 6.07) is 7.17. The molecule has 0 saturated carbocycles. The Morgan fingerprint density at radius 1 is 1.38 bits per heavy atom. The van der Waals surface area contributed by atoms with Crippen LogP contribution in [0.15, 0.2) is 18.2 Å². The molecule has 0 spiro atoms. The molecule has 1 heterocycles. The first kappa shape index (κ1) is 13.6. The number of likely N-dealkylation sites (tertiary alicyclic amines) is 1. The number of benzene rings is 1. The van der Waals surface area contributed by atoms with Crippen molar-refractivity contribution in [2.45, 2.75) is 37.8 Å². The van der Waals surface area contributed by atoms with Crippen molar-refractivity contribution < 1.29 is 14.3 Å². The summed E-state index contributed by atoms with van der Waals surface area (Å²) in [4.78, 5) is 25.8. The van der Waals surface area contributed by atoms with Crippen molar-refractivity contribution in [1.29, 1.82) is 5.26 Å². The molecule has 5 heteroatoms. The maximum absolute atomic E-state index is 12.2. The average Bonchev–Trinajstić information content (AvgIpc) is 3.09. The quantitative estimate of drug-likeness (QED) is 0.775. The van der Waals surface area contributed by atoms with E-state index in [-0.39, 0.29) is 17.9 Å². The molecule has 108 valence electrons. The normalized spacial score (nSPS) is 23.8. The van der Waals surface area contributed by atoms with Gasteiger partial charge < -0.3 is 9.64 Å². The number of carbonyl (C=O) groups is 2. The predicted octanol–water partition coefficient (Wildman–Crippen LogP) is 1.71. The number of nitriles is 1. The number of nitrogens with zero attached hydrogens (tertiary/aromatic N) is 2. The molecule has 0 aromatic heterocycles. The molecule has 0 N–H and O–H groups in total. The van der Waals surface area contributed by atoms with E-state index in [1.165, 1.54) is 7.11 Å². The molecule has 21 heavy (non-hydrogen) atoms. The predicted molar refractivity (Wildman–Crippen MR) is 74.1 cm³/mol. The van der Waals surface area contributed by atoms with Gasteiger partial charge in [-0.2, -0.15) is 5.26 Å². The first-order valence-corrected chi connectivity index (χ1v) is 7.08. The lowest BCUT2D eigenvalue weighted by molar-refractivity contribution is -0.150. The molecule has 1 amide bonds. The minimum absolute atomic E-state index is 0.00869. The van der Waals surface area contributed by atoms with Crippen molar-refractivity contribution in [3.8, 4) is 6.07 Å². The molecule has 1 aliphatic carbocycles. The van der Waals surface area contributed by atoms with Gasteiger partial charge in [0.25, 0.3) is 0 Å². The SMILES string of the molecule is COC(=O)C1CCC(=O)N1C1CCc2c(C#N)cccc21. The van der Waals surface area contributed by atoms with Crippen LogP contribution in [-0.2, 0) is 20.7 Å². The summed E-state index contributed by atoms with van der Waals surface area (Å²) >= 11 is 0. The first-order chi connectivity index (χ1) is 10.2. The first-order valence-electron chi connectivity index (χ1n) is 7.08. The van der Waals surface area contributed by atoms with Gasteiger partial charge in [-0.15, -0.1) is 0 Å². The van der Waals surface area contributed by atoms with Crippen LogP contribution < -0.4 is 0 Å². The standard InChI is InChI=1S/C16H16N2O3/c1-21-16(20)14-7-8-15(19)18(14)13-6-5-11-10(9-17)3-2-4-12(11)13/h2-4,13-14H,5-8H2,1H3. The van der Waals surface area contributed by atoms with E-state index in [1.54, 1.807) is 11.0 Å². The molecule has 3 rings (SSSR count). The Bertz CT molecular complexity index is 647. The van der Waals surface area contributed by atoms with E-state index in [2.05, 4.69) is 6.07 Å². The van der Waals surface area contributed by atoms with Gasteiger partial charge in [-0.3, -0.25) is 4.79 Å². The Hall–Kier alpha value is -2.35. The van der Waals surface area contributed by atoms with Gasteiger partial charge in [-0.05, 0) is 36.5 Å². The number of hydrogen-bond donors (Lipinski definition) is 0. The van der Waals surface area contributed by atoms with Crippen LogP contribution in [0.2, 0.25) is 0 Å². The zero-order valence-corrected chi connectivity index (χ0v) is 11.8. The average molecular weight is 284 g/mol. The second kappa shape index (κ2) is 5.21. The Balaban J connectivity index is 1.98. The molecule has 1 fully saturated rings. The largest absolute Gasteiger partial charge is 0.467 e. The lowest BCUT2D eigenvalue weighted by atomic mass is 10.0. The summed E-state index contributed by atoms with van der Waals surface area (Å²) in [5.41, 5.74) is 2.67. The van der Waals surface area contributed by atoms with E-state index in [1.807, 2.05) is 12.1 Å². The topological polar surface area (TPSA) is 70.4 Å². The van der Waals surface area contributed by atoms with Gasteiger partial charge in [0.05, 0.1) is 24.8 Å². The van der Waals surface area contributed by atoms with Crippen LogP contribution in [0.5, 0.6) is 0 Å². The third-order valence-electron chi connectivity index (χ3n) is 4.42. The maximum Gasteiger partial charge on any atom is 0.328 e. The molecule has 2 aliphatic rings. The molecule has 1 aliphatic heterocycles. The fraction of sp³-hybridized carbons (Fsp3) is 0.438. The van der Waals surface area contributed by atoms with Crippen LogP contribution in [0.4, 0.5) is 0 Å². The van der Waals surface area contributed by atoms with E-state index in [0.717, 1.165) is 24.0 Å². The van der Waals surface area contributed by atoms with Crippen LogP contribution in [0, 0.1) is 11.3 Å². The van der Waals surface area contributed by atoms with Crippen LogP contribution in [0.25, 0.3) is 0 Å². The highest BCUT2D eigenvalue weighted by Gasteiger charge is 2.43. The van der Waals surface area contributed by atoms with Gasteiger partial charge in [0.2, 0.25) is 5.91 Å². The van der Waals surface area contributed by atoms with Crippen molar-refractivity contribution in [2.75, 3.05) is 7.11 Å². The minimum atomic E-state index is -0.496. The molecule has 0 bridgehead atoms. The maximum atomic E-state index is 12.2. The van der Waals surface area contributed by atoms with Gasteiger partial charge in [0, 0.05) is 6.42 Å². The fourth-order valence-corrected chi connectivity index (χ4v) is 3.49. The summed E-state index contributed by atoms with van der Waals surface area (Å²) in [5.74, 6) is -0.364. The minimum Gasteiger partial charge on any atom is -0.467 e. The molecule has 2 atom stereocenters. The molecule has 1 aromatic rings. The Morgan fingerprint density at radius 2 is 2.19 bits per heavy atom. The molecule has 0 radical (unpaired) electrons. The highest BCUT2D eigenvalue weighted by Crippen LogP contribution is 2.41. The van der Waals surface area contributed by atoms with Gasteiger partial charge in [0.1, 0.15) is 6.04 Å². The number of esters is 1. The number of hydrogen-bond acceptors (Lipinski definition) is 4. The van der Waals surface area contributed by atoms with Gasteiger partial charge in [-0.25, -0.2) is 4.79 Å². The van der Waals surface area contributed by atoms with Crippen molar-refractivity contribution in [2.24, 2.45) is 0 Å². The lowest BCUT2D eigenvalue weighted by Crippen LogP contribution is -2.41. The molecular formula is C16H16N2O3. The van der Waals surface area contributed by atoms with E-state index in [9.17, 15) is 14.9 Å². The van der Waals surface area contributed by atoms with E-state index < -0.39 is 6.04 Å². The number of methoxy groups -OCH3 is 1. The number of rotatable bonds is 2. The number of amides is 1. The van der Waals surface area contributed by atoms with Gasteiger partial charge in [0.15, 0.2) is 0 Å². The number of fused-ring (bicyclic) bond motifs is 1. The van der Waals surface area contributed by atoms with Crippen molar-refractivity contribution in [1.82, 2.24) is 4.90 Å². The summed E-state index contributed by atoms with van der Waals surface area (Å²) in [6.45, 7) is 0. The van der Waals surface area contributed by atoms with Crippen LogP contribution >= 0.6 is 0 Å². The lowest BCUT2D eigenvalue weighted by Gasteiger charge is -2.29. The van der Waals surface area contributed by atoms with Gasteiger partial charge >= 0.3 is 5.97 Å². The monoisotopic (exact) mass is 284 g/mol. The Morgan fingerprint density at radius 3 is 2.90 bits per heavy atom. The smallest absolute Gasteiger partial charge is 0.328 e. The van der Waals surface area contributed by atoms with Crippen molar-refractivity contribution in [3.63, 3.8) is 0 Å². The van der Waals surface area contributed by atoms with E-state index in [0.29, 0.717) is 18.4 Å².